The summed E-state index contributed by atoms with van der Waals surface area (Å²) in [7, 11) is 2.74. The standard InChI is InChI=1S/C17H17NO6/c1-22-13-8-11(17(20)21)9-14(23-2)16(13)24-10-15(19)18-12-6-4-3-5-7-12/h3-9H,10H2,1-2H3,(H,18,19)(H,20,21). The quantitative estimate of drug-likeness (QED) is 0.809. The van der Waals surface area contributed by atoms with Gasteiger partial charge in [-0.2, -0.15) is 0 Å². The molecule has 0 saturated carbocycles. The van der Waals surface area contributed by atoms with Crippen LogP contribution in [0.5, 0.6) is 17.2 Å². The van der Waals surface area contributed by atoms with E-state index >= 15 is 0 Å². The lowest BCUT2D eigenvalue weighted by Gasteiger charge is -2.15. The number of methoxy groups -OCH3 is 2. The number of para-hydroxylation sites is 1. The summed E-state index contributed by atoms with van der Waals surface area (Å²) < 4.78 is 15.7. The van der Waals surface area contributed by atoms with Crippen LogP contribution in [-0.4, -0.2) is 37.8 Å². The van der Waals surface area contributed by atoms with Crippen molar-refractivity contribution >= 4 is 17.6 Å². The Morgan fingerprint density at radius 3 is 2.12 bits per heavy atom. The highest BCUT2D eigenvalue weighted by molar-refractivity contribution is 5.92. The van der Waals surface area contributed by atoms with Crippen molar-refractivity contribution in [2.45, 2.75) is 0 Å². The van der Waals surface area contributed by atoms with Gasteiger partial charge in [-0.15, -0.1) is 0 Å². The van der Waals surface area contributed by atoms with E-state index in [1.807, 2.05) is 6.07 Å². The van der Waals surface area contributed by atoms with Crippen LogP contribution in [0.1, 0.15) is 10.4 Å². The van der Waals surface area contributed by atoms with Gasteiger partial charge in [-0.3, -0.25) is 4.79 Å². The smallest absolute Gasteiger partial charge is 0.335 e. The number of hydrogen-bond acceptors (Lipinski definition) is 5. The van der Waals surface area contributed by atoms with Gasteiger partial charge in [0.05, 0.1) is 19.8 Å². The molecule has 1 amide bonds. The summed E-state index contributed by atoms with van der Waals surface area (Å²) in [5, 5.41) is 11.8. The number of aromatic carboxylic acids is 1. The van der Waals surface area contributed by atoms with Crippen LogP contribution in [0.15, 0.2) is 42.5 Å². The maximum atomic E-state index is 11.9. The number of amides is 1. The number of benzene rings is 2. The van der Waals surface area contributed by atoms with Crippen molar-refractivity contribution in [2.24, 2.45) is 0 Å². The summed E-state index contributed by atoms with van der Waals surface area (Å²) in [4.78, 5) is 23.1. The zero-order valence-electron chi connectivity index (χ0n) is 13.2. The number of ether oxygens (including phenoxy) is 3. The second-order valence-corrected chi connectivity index (χ2v) is 4.72. The Morgan fingerprint density at radius 1 is 1.04 bits per heavy atom. The number of nitrogens with one attached hydrogen (secondary N) is 1. The third-order valence-electron chi connectivity index (χ3n) is 3.11. The SMILES string of the molecule is COc1cc(C(=O)O)cc(OC)c1OCC(=O)Nc1ccccc1. The molecule has 2 aromatic carbocycles. The molecule has 7 nitrogen and oxygen atoms in total. The zero-order valence-corrected chi connectivity index (χ0v) is 13.2. The molecule has 0 radical (unpaired) electrons. The molecule has 0 heterocycles. The average Bonchev–Trinajstić information content (AvgIpc) is 2.59. The Kier molecular flexibility index (Phi) is 5.62. The first-order valence-corrected chi connectivity index (χ1v) is 7.02. The number of carboxylic acids is 1. The maximum Gasteiger partial charge on any atom is 0.335 e. The average molecular weight is 331 g/mol. The molecule has 0 atom stereocenters. The topological polar surface area (TPSA) is 94.1 Å². The fourth-order valence-electron chi connectivity index (χ4n) is 2.00. The van der Waals surface area contributed by atoms with Gasteiger partial charge in [0.1, 0.15) is 0 Å². The van der Waals surface area contributed by atoms with Crippen LogP contribution in [0.2, 0.25) is 0 Å². The van der Waals surface area contributed by atoms with E-state index in [1.54, 1.807) is 24.3 Å². The van der Waals surface area contributed by atoms with E-state index in [0.29, 0.717) is 5.69 Å². The van der Waals surface area contributed by atoms with Gasteiger partial charge in [0, 0.05) is 5.69 Å². The molecule has 0 saturated heterocycles. The molecular weight excluding hydrogens is 314 g/mol. The molecule has 2 N–H and O–H groups in total. The van der Waals surface area contributed by atoms with Crippen molar-refractivity contribution in [2.75, 3.05) is 26.1 Å². The van der Waals surface area contributed by atoms with Crippen LogP contribution in [0.25, 0.3) is 0 Å². The molecule has 0 aromatic heterocycles. The van der Waals surface area contributed by atoms with Crippen molar-refractivity contribution < 1.29 is 28.9 Å². The van der Waals surface area contributed by atoms with E-state index in [0.717, 1.165) is 0 Å². The molecular formula is C17H17NO6. The maximum absolute atomic E-state index is 11.9. The monoisotopic (exact) mass is 331 g/mol. The first-order valence-electron chi connectivity index (χ1n) is 7.02. The van der Waals surface area contributed by atoms with Crippen molar-refractivity contribution in [3.63, 3.8) is 0 Å². The number of rotatable bonds is 7. The molecule has 0 aliphatic heterocycles. The van der Waals surface area contributed by atoms with Crippen LogP contribution in [-0.2, 0) is 4.79 Å². The van der Waals surface area contributed by atoms with Gasteiger partial charge in [-0.05, 0) is 24.3 Å². The van der Waals surface area contributed by atoms with Gasteiger partial charge in [0.25, 0.3) is 5.91 Å². The Balaban J connectivity index is 2.13. The molecule has 2 rings (SSSR count). The third kappa shape index (κ3) is 4.16. The first-order chi connectivity index (χ1) is 11.5. The molecule has 0 bridgehead atoms. The molecule has 2 aromatic rings. The van der Waals surface area contributed by atoms with Gasteiger partial charge in [-0.1, -0.05) is 18.2 Å². The van der Waals surface area contributed by atoms with E-state index in [-0.39, 0.29) is 35.3 Å². The van der Waals surface area contributed by atoms with E-state index in [4.69, 9.17) is 19.3 Å². The molecule has 7 heteroatoms. The van der Waals surface area contributed by atoms with Crippen molar-refractivity contribution in [1.82, 2.24) is 0 Å². The minimum absolute atomic E-state index is 0.00946. The highest BCUT2D eigenvalue weighted by Crippen LogP contribution is 2.38. The second-order valence-electron chi connectivity index (χ2n) is 4.72. The van der Waals surface area contributed by atoms with Crippen molar-refractivity contribution in [1.29, 1.82) is 0 Å². The third-order valence-corrected chi connectivity index (χ3v) is 3.11. The van der Waals surface area contributed by atoms with Crippen LogP contribution >= 0.6 is 0 Å². The fourth-order valence-corrected chi connectivity index (χ4v) is 2.00. The second kappa shape index (κ2) is 7.87. The largest absolute Gasteiger partial charge is 0.493 e. The highest BCUT2D eigenvalue weighted by Gasteiger charge is 2.18. The normalized spacial score (nSPS) is 9.92. The van der Waals surface area contributed by atoms with E-state index in [9.17, 15) is 9.59 Å². The lowest BCUT2D eigenvalue weighted by molar-refractivity contribution is -0.118. The predicted octanol–water partition coefficient (Wildman–Crippen LogP) is 2.42. The molecule has 0 aliphatic rings. The summed E-state index contributed by atoms with van der Waals surface area (Å²) in [6.45, 7) is -0.284. The lowest BCUT2D eigenvalue weighted by atomic mass is 10.2. The van der Waals surface area contributed by atoms with Gasteiger partial charge < -0.3 is 24.6 Å². The summed E-state index contributed by atoms with van der Waals surface area (Å²) in [6.07, 6.45) is 0. The summed E-state index contributed by atoms with van der Waals surface area (Å²) >= 11 is 0. The summed E-state index contributed by atoms with van der Waals surface area (Å²) in [6, 6.07) is 11.5. The number of carboxylic acid groups (broad SMARTS) is 1. The number of anilines is 1. The molecule has 24 heavy (non-hydrogen) atoms. The summed E-state index contributed by atoms with van der Waals surface area (Å²) in [5.41, 5.74) is 0.635. The minimum Gasteiger partial charge on any atom is -0.493 e. The van der Waals surface area contributed by atoms with Crippen molar-refractivity contribution in [3.8, 4) is 17.2 Å². The van der Waals surface area contributed by atoms with Crippen molar-refractivity contribution in [3.05, 3.63) is 48.0 Å². The number of carbonyl (C=O) groups excluding carboxylic acids is 1. The number of hydrogen-bond donors (Lipinski definition) is 2. The zero-order chi connectivity index (χ0) is 17.5. The lowest BCUT2D eigenvalue weighted by Crippen LogP contribution is -2.20. The Bertz CT molecular complexity index is 704. The van der Waals surface area contributed by atoms with Crippen LogP contribution in [0, 0.1) is 0 Å². The Hall–Kier alpha value is -3.22. The van der Waals surface area contributed by atoms with Gasteiger partial charge in [0.15, 0.2) is 18.1 Å². The molecule has 0 fully saturated rings. The first kappa shape index (κ1) is 17.1. The summed E-state index contributed by atoms with van der Waals surface area (Å²) in [5.74, 6) is -1.00. The Morgan fingerprint density at radius 2 is 1.62 bits per heavy atom. The van der Waals surface area contributed by atoms with Crippen LogP contribution in [0.3, 0.4) is 0 Å². The predicted molar refractivity (Wildman–Crippen MR) is 87.1 cm³/mol. The van der Waals surface area contributed by atoms with Crippen LogP contribution in [0.4, 0.5) is 5.69 Å². The molecule has 0 spiro atoms. The molecule has 0 unspecified atom stereocenters. The number of carbonyl (C=O) groups is 2. The highest BCUT2D eigenvalue weighted by atomic mass is 16.5. The van der Waals surface area contributed by atoms with Crippen LogP contribution < -0.4 is 19.5 Å². The van der Waals surface area contributed by atoms with E-state index < -0.39 is 5.97 Å². The molecule has 0 aliphatic carbocycles. The minimum atomic E-state index is -1.13. The van der Waals surface area contributed by atoms with E-state index in [2.05, 4.69) is 5.32 Å². The molecule has 126 valence electrons. The van der Waals surface area contributed by atoms with Gasteiger partial charge in [0.2, 0.25) is 5.75 Å². The van der Waals surface area contributed by atoms with E-state index in [1.165, 1.54) is 26.4 Å². The van der Waals surface area contributed by atoms with Gasteiger partial charge in [-0.25, -0.2) is 4.79 Å². The van der Waals surface area contributed by atoms with Gasteiger partial charge >= 0.3 is 5.97 Å². The fraction of sp³-hybridized carbons (Fsp3) is 0.176. The Labute approximate surface area is 138 Å².